The molecule has 1 aromatic carbocycles. The lowest BCUT2D eigenvalue weighted by atomic mass is 9.91. The fraction of sp³-hybridized carbons (Fsp3) is 0.391. The van der Waals surface area contributed by atoms with E-state index in [9.17, 15) is 14.0 Å². The first kappa shape index (κ1) is 20.7. The number of nitrogens with zero attached hydrogens (tertiary/aromatic N) is 3. The van der Waals surface area contributed by atoms with Crippen molar-refractivity contribution in [1.82, 2.24) is 9.97 Å². The number of piperidine rings is 1. The van der Waals surface area contributed by atoms with Gasteiger partial charge in [0.2, 0.25) is 11.1 Å². The van der Waals surface area contributed by atoms with Crippen molar-refractivity contribution < 1.29 is 14.0 Å². The predicted molar refractivity (Wildman–Crippen MR) is 117 cm³/mol. The summed E-state index contributed by atoms with van der Waals surface area (Å²) in [5, 5.41) is -0.109. The molecule has 0 unspecified atom stereocenters. The van der Waals surface area contributed by atoms with Crippen LogP contribution in [-0.2, 0) is 16.0 Å². The molecule has 4 rings (SSSR count). The third-order valence-electron chi connectivity index (χ3n) is 5.64. The number of allylic oxidation sites excluding steroid dienone is 1. The highest BCUT2D eigenvalue weighted by molar-refractivity contribution is 8.18. The Morgan fingerprint density at radius 1 is 1.13 bits per heavy atom. The lowest BCUT2D eigenvalue weighted by Crippen LogP contribution is -2.35. The van der Waals surface area contributed by atoms with Crippen LogP contribution in [0.4, 0.5) is 10.3 Å². The van der Waals surface area contributed by atoms with Crippen LogP contribution in [0.15, 0.2) is 41.4 Å². The minimum Gasteiger partial charge on any atom is -0.341 e. The fourth-order valence-electron chi connectivity index (χ4n) is 3.94. The van der Waals surface area contributed by atoms with Crippen LogP contribution in [0.3, 0.4) is 0 Å². The summed E-state index contributed by atoms with van der Waals surface area (Å²) < 4.78 is 13.0. The van der Waals surface area contributed by atoms with Crippen LogP contribution in [0, 0.1) is 11.7 Å². The zero-order valence-electron chi connectivity index (χ0n) is 16.7. The lowest BCUT2D eigenvalue weighted by Gasteiger charge is -2.32. The van der Waals surface area contributed by atoms with E-state index in [1.165, 1.54) is 24.1 Å². The predicted octanol–water partition coefficient (Wildman–Crippen LogP) is 4.43. The van der Waals surface area contributed by atoms with Crippen molar-refractivity contribution in [3.63, 3.8) is 0 Å². The zero-order chi connectivity index (χ0) is 20.9. The molecular weight excluding hydrogens is 401 g/mol. The van der Waals surface area contributed by atoms with Gasteiger partial charge < -0.3 is 4.90 Å². The molecule has 156 valence electrons. The van der Waals surface area contributed by atoms with Crippen LogP contribution in [0.2, 0.25) is 0 Å². The Labute approximate surface area is 179 Å². The maximum Gasteiger partial charge on any atom is 0.225 e. The van der Waals surface area contributed by atoms with Gasteiger partial charge in [-0.25, -0.2) is 14.4 Å². The molecule has 0 spiro atoms. The molecule has 2 aliphatic rings. The van der Waals surface area contributed by atoms with E-state index in [2.05, 4.69) is 14.9 Å². The number of aromatic nitrogens is 2. The third-order valence-corrected chi connectivity index (χ3v) is 6.57. The summed E-state index contributed by atoms with van der Waals surface area (Å²) in [6.45, 7) is 1.82. The molecule has 0 N–H and O–H groups in total. The highest BCUT2D eigenvalue weighted by Gasteiger charge is 2.26. The Morgan fingerprint density at radius 3 is 2.60 bits per heavy atom. The van der Waals surface area contributed by atoms with E-state index < -0.39 is 0 Å². The lowest BCUT2D eigenvalue weighted by molar-refractivity contribution is -0.119. The van der Waals surface area contributed by atoms with E-state index in [0.29, 0.717) is 22.5 Å². The number of ketones is 1. The van der Waals surface area contributed by atoms with Crippen molar-refractivity contribution >= 4 is 34.7 Å². The number of Topliss-reactive ketones (excluding diaryl/α,β-unsaturated/α-hetero) is 1. The number of carbonyl (C=O) groups excluding carboxylic acids is 2. The molecule has 3 heterocycles. The summed E-state index contributed by atoms with van der Waals surface area (Å²) in [5.41, 5.74) is 1.85. The summed E-state index contributed by atoms with van der Waals surface area (Å²) in [7, 11) is 0. The number of hydrogen-bond donors (Lipinski definition) is 0. The molecular formula is C23H24FN3O2S. The van der Waals surface area contributed by atoms with E-state index in [1.54, 1.807) is 18.3 Å². The molecule has 0 radical (unpaired) electrons. The third kappa shape index (κ3) is 5.33. The first-order valence-corrected chi connectivity index (χ1v) is 11.2. The van der Waals surface area contributed by atoms with Gasteiger partial charge in [-0.2, -0.15) is 0 Å². The zero-order valence-corrected chi connectivity index (χ0v) is 17.5. The molecule has 2 aliphatic heterocycles. The van der Waals surface area contributed by atoms with Gasteiger partial charge in [-0.1, -0.05) is 12.1 Å². The Morgan fingerprint density at radius 2 is 1.90 bits per heavy atom. The van der Waals surface area contributed by atoms with Gasteiger partial charge in [0.25, 0.3) is 0 Å². The number of anilines is 1. The Bertz CT molecular complexity index is 953. The number of benzene rings is 1. The largest absolute Gasteiger partial charge is 0.341 e. The number of rotatable bonds is 6. The van der Waals surface area contributed by atoms with Crippen molar-refractivity contribution in [2.75, 3.05) is 18.0 Å². The Kier molecular flexibility index (Phi) is 6.57. The second-order valence-electron chi connectivity index (χ2n) is 7.81. The monoisotopic (exact) mass is 425 g/mol. The van der Waals surface area contributed by atoms with Crippen molar-refractivity contribution in [2.45, 2.75) is 38.5 Å². The van der Waals surface area contributed by atoms with E-state index in [4.69, 9.17) is 0 Å². The highest BCUT2D eigenvalue weighted by atomic mass is 32.2. The van der Waals surface area contributed by atoms with Crippen molar-refractivity contribution in [1.29, 1.82) is 0 Å². The van der Waals surface area contributed by atoms with E-state index in [0.717, 1.165) is 50.5 Å². The van der Waals surface area contributed by atoms with Gasteiger partial charge in [-0.05, 0) is 79.6 Å². The molecule has 30 heavy (non-hydrogen) atoms. The van der Waals surface area contributed by atoms with Crippen LogP contribution in [0.5, 0.6) is 0 Å². The maximum atomic E-state index is 13.0. The Balaban J connectivity index is 1.28. The number of halogens is 1. The normalized spacial score (nSPS) is 19.1. The van der Waals surface area contributed by atoms with Gasteiger partial charge in [-0.3, -0.25) is 9.59 Å². The molecule has 0 aliphatic carbocycles. The average molecular weight is 426 g/mol. The van der Waals surface area contributed by atoms with E-state index in [1.807, 2.05) is 12.1 Å². The number of aryl methyl sites for hydroxylation is 1. The van der Waals surface area contributed by atoms with Gasteiger partial charge in [0.1, 0.15) is 5.82 Å². The molecule has 0 saturated carbocycles. The van der Waals surface area contributed by atoms with Crippen LogP contribution >= 0.6 is 11.8 Å². The molecule has 2 saturated heterocycles. The summed E-state index contributed by atoms with van der Waals surface area (Å²) in [6.07, 6.45) is 8.83. The average Bonchev–Trinajstić information content (AvgIpc) is 3.07. The quantitative estimate of drug-likeness (QED) is 0.504. The van der Waals surface area contributed by atoms with E-state index in [-0.39, 0.29) is 23.1 Å². The number of carbonyl (C=O) groups is 2. The Hall–Kier alpha value is -2.54. The summed E-state index contributed by atoms with van der Waals surface area (Å²) in [5.74, 6) is 1.05. The maximum absolute atomic E-state index is 13.0. The molecule has 0 amide bonds. The van der Waals surface area contributed by atoms with Gasteiger partial charge in [0, 0.05) is 19.3 Å². The van der Waals surface area contributed by atoms with Crippen molar-refractivity contribution in [3.8, 4) is 0 Å². The summed E-state index contributed by atoms with van der Waals surface area (Å²) in [4.78, 5) is 34.9. The van der Waals surface area contributed by atoms with Gasteiger partial charge >= 0.3 is 0 Å². The molecule has 7 heteroatoms. The molecule has 0 atom stereocenters. The smallest absolute Gasteiger partial charge is 0.225 e. The summed E-state index contributed by atoms with van der Waals surface area (Å²) in [6, 6.07) is 8.54. The SMILES string of the molecule is O=C1CC(=O)/C(=C/c2ccnc(N3CCC(CCCc4ccc(F)cc4)CC3)n2)S1. The number of thioether (sulfide) groups is 1. The standard InChI is InChI=1S/C23H24FN3O2S/c24-18-6-4-16(5-7-18)2-1-3-17-9-12-27(13-10-17)23-25-11-8-19(26-23)14-21-20(28)15-22(29)30-21/h4-8,11,14,17H,1-3,9-10,12-13,15H2/b21-14-. The first-order chi connectivity index (χ1) is 14.6. The van der Waals surface area contributed by atoms with Gasteiger partial charge in [0.15, 0.2) is 5.78 Å². The van der Waals surface area contributed by atoms with Gasteiger partial charge in [0.05, 0.1) is 17.0 Å². The second kappa shape index (κ2) is 9.51. The van der Waals surface area contributed by atoms with Crippen LogP contribution < -0.4 is 4.90 Å². The highest BCUT2D eigenvalue weighted by Crippen LogP contribution is 2.30. The van der Waals surface area contributed by atoms with E-state index >= 15 is 0 Å². The second-order valence-corrected chi connectivity index (χ2v) is 8.91. The van der Waals surface area contributed by atoms with Crippen LogP contribution in [0.25, 0.3) is 6.08 Å². The fourth-order valence-corrected chi connectivity index (χ4v) is 4.75. The minimum absolute atomic E-state index is 0.0247. The van der Waals surface area contributed by atoms with Crippen molar-refractivity contribution in [2.24, 2.45) is 5.92 Å². The topological polar surface area (TPSA) is 63.2 Å². The molecule has 2 aromatic rings. The molecule has 2 fully saturated rings. The minimum atomic E-state index is -0.185. The molecule has 1 aromatic heterocycles. The summed E-state index contributed by atoms with van der Waals surface area (Å²) >= 11 is 0.997. The van der Waals surface area contributed by atoms with Crippen molar-refractivity contribution in [3.05, 3.63) is 58.5 Å². The molecule has 5 nitrogen and oxygen atoms in total. The first-order valence-electron chi connectivity index (χ1n) is 10.3. The molecule has 0 bridgehead atoms. The number of hydrogen-bond acceptors (Lipinski definition) is 6. The van der Waals surface area contributed by atoms with Gasteiger partial charge in [-0.15, -0.1) is 0 Å². The van der Waals surface area contributed by atoms with Crippen LogP contribution in [0.1, 0.15) is 43.4 Å². The van der Waals surface area contributed by atoms with Crippen LogP contribution in [-0.4, -0.2) is 34.0 Å².